The molecule has 1 heterocycles. The van der Waals surface area contributed by atoms with E-state index in [-0.39, 0.29) is 5.82 Å². The number of halogens is 1. The molecular formula is C25H30BFO2. The second kappa shape index (κ2) is 8.73. The van der Waals surface area contributed by atoms with Crippen molar-refractivity contribution in [3.05, 3.63) is 65.0 Å². The maximum absolute atomic E-state index is 14.7. The lowest BCUT2D eigenvalue weighted by Crippen LogP contribution is -2.41. The molecule has 0 amide bonds. The summed E-state index contributed by atoms with van der Waals surface area (Å²) in [6, 6.07) is 13.3. The summed E-state index contributed by atoms with van der Waals surface area (Å²) in [5.74, 6) is 5.81. The molecule has 1 saturated heterocycles. The highest BCUT2D eigenvalue weighted by Gasteiger charge is 2.52. The van der Waals surface area contributed by atoms with E-state index in [0.29, 0.717) is 11.0 Å². The molecule has 0 bridgehead atoms. The van der Waals surface area contributed by atoms with Crippen molar-refractivity contribution in [3.63, 3.8) is 0 Å². The van der Waals surface area contributed by atoms with Crippen LogP contribution in [0.1, 0.15) is 70.6 Å². The van der Waals surface area contributed by atoms with E-state index in [1.807, 2.05) is 45.9 Å². The zero-order valence-corrected chi connectivity index (χ0v) is 18.1. The van der Waals surface area contributed by atoms with Crippen LogP contribution in [0.2, 0.25) is 0 Å². The molecule has 0 radical (unpaired) electrons. The van der Waals surface area contributed by atoms with Gasteiger partial charge >= 0.3 is 7.12 Å². The first kappa shape index (κ1) is 21.6. The van der Waals surface area contributed by atoms with E-state index in [1.165, 1.54) is 30.9 Å². The highest BCUT2D eigenvalue weighted by Crippen LogP contribution is 2.36. The quantitative estimate of drug-likeness (QED) is 0.393. The molecule has 4 heteroatoms. The SMILES string of the molecule is CCCCCc1ccc(C#Cc2ccc(B3OC(C)(C)C(C)(C)O3)c(F)c2)cc1. The van der Waals surface area contributed by atoms with Crippen LogP contribution in [0.15, 0.2) is 42.5 Å². The van der Waals surface area contributed by atoms with Gasteiger partial charge in [-0.2, -0.15) is 0 Å². The monoisotopic (exact) mass is 392 g/mol. The molecule has 0 atom stereocenters. The van der Waals surface area contributed by atoms with Crippen LogP contribution in [0.4, 0.5) is 4.39 Å². The molecule has 0 N–H and O–H groups in total. The van der Waals surface area contributed by atoms with Gasteiger partial charge in [0.25, 0.3) is 0 Å². The van der Waals surface area contributed by atoms with Gasteiger partial charge in [-0.3, -0.25) is 0 Å². The summed E-state index contributed by atoms with van der Waals surface area (Å²) < 4.78 is 26.6. The summed E-state index contributed by atoms with van der Waals surface area (Å²) in [4.78, 5) is 0. The van der Waals surface area contributed by atoms with Crippen molar-refractivity contribution < 1.29 is 13.7 Å². The third kappa shape index (κ3) is 5.10. The fourth-order valence-electron chi connectivity index (χ4n) is 3.24. The Bertz CT molecular complexity index is 891. The van der Waals surface area contributed by atoms with Gasteiger partial charge in [0.05, 0.1) is 11.2 Å². The smallest absolute Gasteiger partial charge is 0.399 e. The number of hydrogen-bond donors (Lipinski definition) is 0. The van der Waals surface area contributed by atoms with E-state index < -0.39 is 18.3 Å². The maximum Gasteiger partial charge on any atom is 0.497 e. The Hall–Kier alpha value is -2.09. The van der Waals surface area contributed by atoms with Crippen LogP contribution >= 0.6 is 0 Å². The maximum atomic E-state index is 14.7. The molecule has 1 aliphatic rings. The summed E-state index contributed by atoms with van der Waals surface area (Å²) in [7, 11) is -0.706. The lowest BCUT2D eigenvalue weighted by atomic mass is 9.78. The van der Waals surface area contributed by atoms with Gasteiger partial charge in [-0.1, -0.05) is 49.8 Å². The number of aryl methyl sites for hydroxylation is 1. The van der Waals surface area contributed by atoms with Crippen LogP contribution in [0.3, 0.4) is 0 Å². The van der Waals surface area contributed by atoms with Crippen LogP contribution in [-0.2, 0) is 15.7 Å². The van der Waals surface area contributed by atoms with Gasteiger partial charge < -0.3 is 9.31 Å². The molecule has 0 unspecified atom stereocenters. The predicted octanol–water partition coefficient (Wildman–Crippen LogP) is 5.26. The molecule has 1 fully saturated rings. The van der Waals surface area contributed by atoms with E-state index >= 15 is 0 Å². The van der Waals surface area contributed by atoms with Crippen LogP contribution in [-0.4, -0.2) is 18.3 Å². The van der Waals surface area contributed by atoms with Crippen molar-refractivity contribution in [2.75, 3.05) is 0 Å². The summed E-state index contributed by atoms with van der Waals surface area (Å²) in [5.41, 5.74) is 2.32. The average Bonchev–Trinajstić information content (AvgIpc) is 2.88. The average molecular weight is 392 g/mol. The number of rotatable bonds is 5. The molecule has 2 nitrogen and oxygen atoms in total. The van der Waals surface area contributed by atoms with Gasteiger partial charge in [-0.05, 0) is 70.4 Å². The van der Waals surface area contributed by atoms with E-state index in [9.17, 15) is 4.39 Å². The van der Waals surface area contributed by atoms with Crippen molar-refractivity contribution >= 4 is 12.6 Å². The lowest BCUT2D eigenvalue weighted by Gasteiger charge is -2.32. The second-order valence-electron chi connectivity index (χ2n) is 8.73. The molecule has 0 aliphatic carbocycles. The van der Waals surface area contributed by atoms with E-state index in [0.717, 1.165) is 12.0 Å². The summed E-state index contributed by atoms with van der Waals surface area (Å²) in [6.45, 7) is 10.0. The van der Waals surface area contributed by atoms with E-state index in [1.54, 1.807) is 6.07 Å². The first-order chi connectivity index (χ1) is 13.7. The Labute approximate surface area is 175 Å². The van der Waals surface area contributed by atoms with Crippen molar-refractivity contribution in [2.45, 2.75) is 71.5 Å². The number of hydrogen-bond acceptors (Lipinski definition) is 2. The molecular weight excluding hydrogens is 362 g/mol. The van der Waals surface area contributed by atoms with Gasteiger partial charge in [0, 0.05) is 16.6 Å². The zero-order chi connectivity index (χ0) is 21.1. The van der Waals surface area contributed by atoms with Gasteiger partial charge in [-0.25, -0.2) is 4.39 Å². The number of unbranched alkanes of at least 4 members (excludes halogenated alkanes) is 2. The molecule has 0 aromatic heterocycles. The summed E-state index contributed by atoms with van der Waals surface area (Å²) in [6.07, 6.45) is 4.81. The Morgan fingerprint density at radius 3 is 2.03 bits per heavy atom. The minimum Gasteiger partial charge on any atom is -0.399 e. The van der Waals surface area contributed by atoms with Crippen molar-refractivity contribution in [1.82, 2.24) is 0 Å². The first-order valence-electron chi connectivity index (χ1n) is 10.5. The molecule has 2 aromatic carbocycles. The molecule has 3 rings (SSSR count). The molecule has 0 spiro atoms. The fraction of sp³-hybridized carbons (Fsp3) is 0.440. The lowest BCUT2D eigenvalue weighted by molar-refractivity contribution is 0.00578. The summed E-state index contributed by atoms with van der Waals surface area (Å²) >= 11 is 0. The molecule has 29 heavy (non-hydrogen) atoms. The van der Waals surface area contributed by atoms with E-state index in [4.69, 9.17) is 9.31 Å². The normalized spacial score (nSPS) is 17.1. The van der Waals surface area contributed by atoms with Crippen molar-refractivity contribution in [3.8, 4) is 11.8 Å². The molecule has 0 saturated carbocycles. The third-order valence-electron chi connectivity index (χ3n) is 5.88. The second-order valence-corrected chi connectivity index (χ2v) is 8.73. The zero-order valence-electron chi connectivity index (χ0n) is 18.1. The Morgan fingerprint density at radius 1 is 0.862 bits per heavy atom. The van der Waals surface area contributed by atoms with Crippen LogP contribution < -0.4 is 5.46 Å². The van der Waals surface area contributed by atoms with Crippen LogP contribution in [0.5, 0.6) is 0 Å². The van der Waals surface area contributed by atoms with Gasteiger partial charge in [0.1, 0.15) is 5.82 Å². The van der Waals surface area contributed by atoms with Gasteiger partial charge in [-0.15, -0.1) is 0 Å². The Balaban J connectivity index is 1.69. The Kier molecular flexibility index (Phi) is 6.51. The standard InChI is InChI=1S/C25H30BFO2/c1-6-7-8-9-19-10-12-20(13-11-19)14-15-21-16-17-22(23(27)18-21)26-28-24(2,3)25(4,5)29-26/h10-13,16-18H,6-9H2,1-5H3. The highest BCUT2D eigenvalue weighted by molar-refractivity contribution is 6.62. The predicted molar refractivity (Wildman–Crippen MR) is 118 cm³/mol. The topological polar surface area (TPSA) is 18.5 Å². The number of benzene rings is 2. The van der Waals surface area contributed by atoms with Crippen molar-refractivity contribution in [2.24, 2.45) is 0 Å². The minimum absolute atomic E-state index is 0.360. The highest BCUT2D eigenvalue weighted by atomic mass is 19.1. The Morgan fingerprint density at radius 2 is 1.45 bits per heavy atom. The molecule has 1 aliphatic heterocycles. The first-order valence-corrected chi connectivity index (χ1v) is 10.5. The van der Waals surface area contributed by atoms with Crippen molar-refractivity contribution in [1.29, 1.82) is 0 Å². The van der Waals surface area contributed by atoms with Crippen LogP contribution in [0, 0.1) is 17.7 Å². The van der Waals surface area contributed by atoms with Gasteiger partial charge in [0.15, 0.2) is 0 Å². The van der Waals surface area contributed by atoms with Gasteiger partial charge in [0.2, 0.25) is 0 Å². The third-order valence-corrected chi connectivity index (χ3v) is 5.88. The summed E-state index contributed by atoms with van der Waals surface area (Å²) in [5, 5.41) is 0. The fourth-order valence-corrected chi connectivity index (χ4v) is 3.24. The molecule has 2 aromatic rings. The minimum atomic E-state index is -0.706. The largest absolute Gasteiger partial charge is 0.497 e. The molecule has 152 valence electrons. The van der Waals surface area contributed by atoms with Crippen LogP contribution in [0.25, 0.3) is 0 Å². The van der Waals surface area contributed by atoms with E-state index in [2.05, 4.69) is 30.9 Å².